The fraction of sp³-hybridized carbons (Fsp3) is 0.500. The van der Waals surface area contributed by atoms with E-state index in [4.69, 9.17) is 9.85 Å². The average molecular weight is 131 g/mol. The zero-order valence-electron chi connectivity index (χ0n) is 8.29. The monoisotopic (exact) mass is 131 g/mol. The van der Waals surface area contributed by atoms with Gasteiger partial charge >= 0.3 is 0 Å². The summed E-state index contributed by atoms with van der Waals surface area (Å²) >= 11 is 0. The van der Waals surface area contributed by atoms with Gasteiger partial charge < -0.3 is 10.6 Å². The van der Waals surface area contributed by atoms with E-state index in [1.54, 1.807) is 0 Å². The summed E-state index contributed by atoms with van der Waals surface area (Å²) < 4.78 is 20.8. The molecule has 0 saturated heterocycles. The molecule has 3 nitrogen and oxygen atoms in total. The Hall–Kier alpha value is -0.830. The fourth-order valence-corrected chi connectivity index (χ4v) is 0.327. The molecule has 0 radical (unpaired) electrons. The van der Waals surface area contributed by atoms with Crippen molar-refractivity contribution in [2.75, 3.05) is 20.6 Å². The molecule has 0 fully saturated rings. The second-order valence-electron chi connectivity index (χ2n) is 1.69. The number of nitrogens with two attached hydrogens (primary N) is 1. The summed E-state index contributed by atoms with van der Waals surface area (Å²) in [6.45, 7) is -1.94. The molecule has 0 bridgehead atoms. The van der Waals surface area contributed by atoms with E-state index in [9.17, 15) is 4.79 Å². The van der Waals surface area contributed by atoms with Crippen molar-refractivity contribution < 1.29 is 8.91 Å². The maximum atomic E-state index is 10.2. The molecule has 2 N–H and O–H groups in total. The zero-order chi connectivity index (χ0) is 9.78. The lowest BCUT2D eigenvalue weighted by Crippen LogP contribution is -2.12. The molecule has 0 spiro atoms. The van der Waals surface area contributed by atoms with Crippen LogP contribution in [-0.4, -0.2) is 31.4 Å². The lowest BCUT2D eigenvalue weighted by atomic mass is 10.4. The van der Waals surface area contributed by atoms with Crippen molar-refractivity contribution in [3.8, 4) is 0 Å². The van der Waals surface area contributed by atoms with Gasteiger partial charge in [0.25, 0.3) is 0 Å². The minimum atomic E-state index is -2.12. The summed E-state index contributed by atoms with van der Waals surface area (Å²) in [6, 6.07) is 0. The third-order valence-corrected chi connectivity index (χ3v) is 0.661. The molecule has 0 heterocycles. The highest BCUT2D eigenvalue weighted by molar-refractivity contribution is 5.85. The van der Waals surface area contributed by atoms with Crippen molar-refractivity contribution in [2.24, 2.45) is 5.73 Å². The quantitative estimate of drug-likeness (QED) is 0.529. The van der Waals surface area contributed by atoms with Gasteiger partial charge in [-0.05, 0) is 20.1 Å². The Balaban J connectivity index is 3.87. The van der Waals surface area contributed by atoms with Gasteiger partial charge in [0.15, 0.2) is 0 Å². The summed E-state index contributed by atoms with van der Waals surface area (Å²) in [5, 5.41) is 0. The summed E-state index contributed by atoms with van der Waals surface area (Å²) in [5.41, 5.74) is 4.80. The Labute approximate surface area is 59.4 Å². The van der Waals surface area contributed by atoms with E-state index < -0.39 is 12.9 Å². The highest BCUT2D eigenvalue weighted by Crippen LogP contribution is 1.75. The third kappa shape index (κ3) is 7.17. The molecule has 1 amide bonds. The van der Waals surface area contributed by atoms with Gasteiger partial charge in [0.1, 0.15) is 0 Å². The fourth-order valence-electron chi connectivity index (χ4n) is 0.327. The van der Waals surface area contributed by atoms with Gasteiger partial charge in [-0.15, -0.1) is 0 Å². The maximum Gasteiger partial charge on any atom is 0.241 e. The average Bonchev–Trinajstić information content (AvgIpc) is 1.84. The molecule has 0 aromatic rings. The molecule has 52 valence electrons. The van der Waals surface area contributed by atoms with Crippen LogP contribution in [0.15, 0.2) is 12.2 Å². The van der Waals surface area contributed by atoms with Crippen molar-refractivity contribution in [3.05, 3.63) is 12.2 Å². The minimum Gasteiger partial charge on any atom is -0.366 e. The number of likely N-dealkylation sites (N-methyl/N-ethyl adjacent to an activating group) is 1. The Morgan fingerprint density at radius 3 is 3.11 bits per heavy atom. The highest BCUT2D eigenvalue weighted by atomic mass is 16.1. The van der Waals surface area contributed by atoms with E-state index in [1.165, 1.54) is 13.1 Å². The Morgan fingerprint density at radius 1 is 2.00 bits per heavy atom. The molecule has 9 heavy (non-hydrogen) atoms. The smallest absolute Gasteiger partial charge is 0.241 e. The number of carbonyl (C=O) groups excluding carboxylic acids is 1. The van der Waals surface area contributed by atoms with E-state index in [2.05, 4.69) is 0 Å². The molecule has 0 aromatic carbocycles. The summed E-state index contributed by atoms with van der Waals surface area (Å²) in [5.74, 6) is -0.575. The molecular weight excluding hydrogens is 116 g/mol. The lowest BCUT2D eigenvalue weighted by Gasteiger charge is -2.02. The van der Waals surface area contributed by atoms with Crippen LogP contribution in [0.4, 0.5) is 0 Å². The Morgan fingerprint density at radius 2 is 2.67 bits per heavy atom. The maximum absolute atomic E-state index is 10.2. The predicted molar refractivity (Wildman–Crippen MR) is 36.9 cm³/mol. The van der Waals surface area contributed by atoms with Crippen LogP contribution < -0.4 is 5.73 Å². The molecule has 0 atom stereocenters. The number of rotatable bonds is 3. The lowest BCUT2D eigenvalue weighted by molar-refractivity contribution is -0.113. The summed E-state index contributed by atoms with van der Waals surface area (Å²) in [7, 11) is 1.44. The number of hydrogen-bond acceptors (Lipinski definition) is 2. The molecule has 3 heteroatoms. The predicted octanol–water partition coefficient (Wildman–Crippen LogP) is -0.411. The van der Waals surface area contributed by atoms with E-state index >= 15 is 0 Å². The first-order valence-corrected chi connectivity index (χ1v) is 2.51. The zero-order valence-corrected chi connectivity index (χ0v) is 5.29. The van der Waals surface area contributed by atoms with E-state index in [1.807, 2.05) is 0 Å². The summed E-state index contributed by atoms with van der Waals surface area (Å²) in [6.07, 6.45) is 2.55. The minimum absolute atomic E-state index is 0.180. The SMILES string of the molecule is [2H]C([2H])([2H])N(C)CC=CC(N)=O. The molecule has 0 unspecified atom stereocenters. The first kappa shape index (κ1) is 4.06. The summed E-state index contributed by atoms with van der Waals surface area (Å²) in [4.78, 5) is 11.3. The molecule has 0 aliphatic rings. The van der Waals surface area contributed by atoms with Crippen LogP contribution in [0.3, 0.4) is 0 Å². The third-order valence-electron chi connectivity index (χ3n) is 0.661. The number of hydrogen-bond donors (Lipinski definition) is 1. The van der Waals surface area contributed by atoms with E-state index in [0.717, 1.165) is 11.0 Å². The second-order valence-corrected chi connectivity index (χ2v) is 1.69. The van der Waals surface area contributed by atoms with Crippen molar-refractivity contribution in [3.63, 3.8) is 0 Å². The van der Waals surface area contributed by atoms with Crippen LogP contribution in [0.5, 0.6) is 0 Å². The van der Waals surface area contributed by atoms with Gasteiger partial charge in [-0.2, -0.15) is 0 Å². The molecule has 0 saturated carbocycles. The van der Waals surface area contributed by atoms with E-state index in [0.29, 0.717) is 0 Å². The van der Waals surface area contributed by atoms with Crippen molar-refractivity contribution >= 4 is 5.91 Å². The Kier molecular flexibility index (Phi) is 1.85. The van der Waals surface area contributed by atoms with Crippen LogP contribution in [0.25, 0.3) is 0 Å². The first-order chi connectivity index (χ1) is 5.34. The highest BCUT2D eigenvalue weighted by Gasteiger charge is 1.83. The normalized spacial score (nSPS) is 17.3. The Bertz CT molecular complexity index is 188. The number of carbonyl (C=O) groups is 1. The van der Waals surface area contributed by atoms with Gasteiger partial charge in [-0.25, -0.2) is 0 Å². The van der Waals surface area contributed by atoms with Gasteiger partial charge in [0, 0.05) is 10.7 Å². The van der Waals surface area contributed by atoms with Gasteiger partial charge in [-0.1, -0.05) is 6.08 Å². The van der Waals surface area contributed by atoms with Crippen molar-refractivity contribution in [1.29, 1.82) is 0 Å². The van der Waals surface area contributed by atoms with Crippen molar-refractivity contribution in [2.45, 2.75) is 0 Å². The number of primary amides is 1. The second kappa shape index (κ2) is 4.09. The van der Waals surface area contributed by atoms with Gasteiger partial charge in [-0.3, -0.25) is 4.79 Å². The van der Waals surface area contributed by atoms with E-state index in [-0.39, 0.29) is 6.54 Å². The number of nitrogens with zero attached hydrogens (tertiary/aromatic N) is 1. The molecule has 0 aliphatic carbocycles. The number of amides is 1. The van der Waals surface area contributed by atoms with Crippen LogP contribution in [0.2, 0.25) is 0 Å². The van der Waals surface area contributed by atoms with Crippen molar-refractivity contribution in [1.82, 2.24) is 4.90 Å². The molecule has 0 rings (SSSR count). The van der Waals surface area contributed by atoms with Crippen LogP contribution in [0, 0.1) is 0 Å². The van der Waals surface area contributed by atoms with Crippen LogP contribution >= 0.6 is 0 Å². The first-order valence-electron chi connectivity index (χ1n) is 4.01. The molecule has 0 aromatic heterocycles. The van der Waals surface area contributed by atoms with Gasteiger partial charge in [0.05, 0.1) is 0 Å². The topological polar surface area (TPSA) is 46.3 Å². The van der Waals surface area contributed by atoms with Crippen LogP contribution in [0.1, 0.15) is 4.11 Å². The largest absolute Gasteiger partial charge is 0.366 e. The molecule has 0 aliphatic heterocycles. The van der Waals surface area contributed by atoms with Gasteiger partial charge in [0.2, 0.25) is 5.91 Å². The molecular formula is C6H12N2O. The standard InChI is InChI=1S/C6H12N2O/c1-8(2)5-3-4-6(7)9/h3-4H,5H2,1-2H3,(H2,7,9)/i1D3. The van der Waals surface area contributed by atoms with Crippen LogP contribution in [-0.2, 0) is 4.79 Å².